The summed E-state index contributed by atoms with van der Waals surface area (Å²) in [7, 11) is 6.82. The molecule has 0 unspecified atom stereocenters. The smallest absolute Gasteiger partial charge is 0.326 e. The molecule has 0 aliphatic rings. The minimum Gasteiger partial charge on any atom is -0.480 e. The minimum absolute atomic E-state index is 0.0207. The molecule has 0 spiro atoms. The molecule has 286 valence electrons. The molecule has 0 rings (SSSR count). The van der Waals surface area contributed by atoms with Gasteiger partial charge in [-0.2, -0.15) is 0 Å². The van der Waals surface area contributed by atoms with Crippen LogP contribution in [0, 0.1) is 11.8 Å². The molecule has 0 bridgehead atoms. The Balaban J connectivity index is 6.16. The van der Waals surface area contributed by atoms with Crippen molar-refractivity contribution >= 4 is 47.4 Å². The van der Waals surface area contributed by atoms with Crippen molar-refractivity contribution in [1.29, 1.82) is 0 Å². The Morgan fingerprint density at radius 1 is 0.700 bits per heavy atom. The van der Waals surface area contributed by atoms with E-state index in [0.29, 0.717) is 19.4 Å². The number of amides is 5. The van der Waals surface area contributed by atoms with Crippen LogP contribution in [0.25, 0.3) is 0 Å². The Kier molecular flexibility index (Phi) is 19.4. The zero-order valence-electron chi connectivity index (χ0n) is 30.8. The van der Waals surface area contributed by atoms with E-state index < -0.39 is 65.7 Å². The fourth-order valence-corrected chi connectivity index (χ4v) is 5.11. The van der Waals surface area contributed by atoms with Gasteiger partial charge in [0.25, 0.3) is 5.91 Å². The van der Waals surface area contributed by atoms with Crippen LogP contribution in [-0.4, -0.2) is 133 Å². The van der Waals surface area contributed by atoms with Crippen LogP contribution in [0.15, 0.2) is 9.98 Å². The van der Waals surface area contributed by atoms with Gasteiger partial charge in [-0.1, -0.05) is 27.7 Å². The van der Waals surface area contributed by atoms with E-state index in [-0.39, 0.29) is 60.5 Å². The van der Waals surface area contributed by atoms with Gasteiger partial charge in [-0.15, -0.1) is 0 Å². The zero-order chi connectivity index (χ0) is 38.9. The second-order valence-corrected chi connectivity index (χ2v) is 13.9. The van der Waals surface area contributed by atoms with Gasteiger partial charge < -0.3 is 59.1 Å². The molecule has 0 fully saturated rings. The monoisotopic (exact) mass is 713 g/mol. The number of nitrogens with two attached hydrogens (primary N) is 5. The molecular formula is C31H61N12O7+. The Bertz CT molecular complexity index is 1220. The Hall–Kier alpha value is -4.68. The predicted octanol–water partition coefficient (Wildman–Crippen LogP) is -2.89. The van der Waals surface area contributed by atoms with Crippen molar-refractivity contribution in [2.75, 3.05) is 41.3 Å². The molecule has 0 saturated heterocycles. The number of aliphatic imine (C=N–C) groups is 2. The first-order chi connectivity index (χ1) is 23.0. The molecule has 0 saturated carbocycles. The molecule has 0 heterocycles. The van der Waals surface area contributed by atoms with Crippen LogP contribution >= 0.6 is 0 Å². The van der Waals surface area contributed by atoms with E-state index in [2.05, 4.69) is 25.9 Å². The van der Waals surface area contributed by atoms with Crippen LogP contribution in [0.5, 0.6) is 0 Å². The Labute approximate surface area is 294 Å². The summed E-state index contributed by atoms with van der Waals surface area (Å²) in [5.74, 6) is -5.55. The summed E-state index contributed by atoms with van der Waals surface area (Å²) < 4.78 is 0.273. The number of likely N-dealkylation sites (N-methyl/N-ethyl adjacent to an activating group) is 2. The lowest BCUT2D eigenvalue weighted by molar-refractivity contribution is -0.886. The number of carbonyl (C=O) groups is 6. The zero-order valence-corrected chi connectivity index (χ0v) is 30.8. The van der Waals surface area contributed by atoms with Crippen molar-refractivity contribution in [1.82, 2.24) is 20.9 Å². The second-order valence-electron chi connectivity index (χ2n) is 13.9. The highest BCUT2D eigenvalue weighted by Gasteiger charge is 2.38. The van der Waals surface area contributed by atoms with E-state index >= 15 is 0 Å². The van der Waals surface area contributed by atoms with Crippen LogP contribution < -0.4 is 44.6 Å². The molecule has 0 radical (unpaired) electrons. The third-order valence-corrected chi connectivity index (χ3v) is 7.99. The maximum absolute atomic E-state index is 13.7. The normalized spacial score (nSPS) is 14.4. The molecule has 0 aliphatic heterocycles. The van der Waals surface area contributed by atoms with Crippen LogP contribution in [0.1, 0.15) is 66.2 Å². The molecule has 50 heavy (non-hydrogen) atoms. The van der Waals surface area contributed by atoms with E-state index in [1.54, 1.807) is 27.7 Å². The van der Waals surface area contributed by atoms with E-state index in [0.717, 1.165) is 4.90 Å². The van der Waals surface area contributed by atoms with Crippen molar-refractivity contribution in [2.24, 2.45) is 50.5 Å². The predicted molar refractivity (Wildman–Crippen MR) is 190 cm³/mol. The lowest BCUT2D eigenvalue weighted by atomic mass is 9.98. The average Bonchev–Trinajstić information content (AvgIpc) is 2.97. The number of aliphatic carboxylic acids is 1. The fraction of sp³-hybridized carbons (Fsp3) is 0.742. The minimum atomic E-state index is -1.40. The molecule has 0 aromatic heterocycles. The lowest BCUT2D eigenvalue weighted by Crippen LogP contribution is -2.62. The third kappa shape index (κ3) is 16.6. The second kappa shape index (κ2) is 21.4. The number of carbonyl (C=O) groups excluding carboxylic acids is 5. The standard InChI is InChI=1S/C31H60N12O7/c1-17(2)23(41-27(47)24(18(3)4)40-25(45)21(43(6,7)8)12-10-16-38-31(35)36)26(46)39-19(11-9-15-37-30(33)34)28(48)42(5)20(29(49)50)13-14-22(32)44/h17-21,23-24H,9-16H2,1-8H3,(H13-,32,33,34,35,36,37,38,39,40,41,44,45,46,47,49,50)/p+1/t19-,20-,21-,23-,24-/m0/s1. The first kappa shape index (κ1) is 45.3. The van der Waals surface area contributed by atoms with Gasteiger partial charge in [0.15, 0.2) is 18.0 Å². The summed E-state index contributed by atoms with van der Waals surface area (Å²) in [4.78, 5) is 86.6. The first-order valence-electron chi connectivity index (χ1n) is 16.6. The van der Waals surface area contributed by atoms with Crippen molar-refractivity contribution < 1.29 is 38.4 Å². The van der Waals surface area contributed by atoms with Crippen LogP contribution in [0.4, 0.5) is 0 Å². The van der Waals surface area contributed by atoms with E-state index in [9.17, 15) is 33.9 Å². The van der Waals surface area contributed by atoms with Crippen molar-refractivity contribution in [3.63, 3.8) is 0 Å². The number of quaternary nitrogens is 1. The van der Waals surface area contributed by atoms with Crippen molar-refractivity contribution in [3.8, 4) is 0 Å². The van der Waals surface area contributed by atoms with Crippen LogP contribution in [-0.2, 0) is 28.8 Å². The van der Waals surface area contributed by atoms with Crippen LogP contribution in [0.3, 0.4) is 0 Å². The largest absolute Gasteiger partial charge is 0.480 e. The quantitative estimate of drug-likeness (QED) is 0.0224. The molecular weight excluding hydrogens is 652 g/mol. The SMILES string of the molecule is CC(C)[C@H](NC(=O)[C@@H](NC(=O)[C@H](CCCN=C(N)N)[N+](C)(C)C)C(C)C)C(=O)N[C@@H](CCCN=C(N)N)C(=O)N(C)[C@@H](CCC(N)=O)C(=O)O. The van der Waals surface area contributed by atoms with E-state index in [1.807, 2.05) is 21.1 Å². The number of hydrogen-bond donors (Lipinski definition) is 9. The molecule has 5 amide bonds. The number of nitrogens with one attached hydrogen (secondary N) is 3. The molecule has 0 aliphatic carbocycles. The Morgan fingerprint density at radius 3 is 1.54 bits per heavy atom. The van der Waals surface area contributed by atoms with Gasteiger partial charge in [-0.05, 0) is 37.5 Å². The molecule has 0 aromatic rings. The van der Waals surface area contributed by atoms with E-state index in [4.69, 9.17) is 28.7 Å². The summed E-state index contributed by atoms with van der Waals surface area (Å²) in [6.07, 6.45) is 0.708. The summed E-state index contributed by atoms with van der Waals surface area (Å²) in [6, 6.07) is -5.32. The summed E-state index contributed by atoms with van der Waals surface area (Å²) in [5, 5.41) is 18.0. The fourth-order valence-electron chi connectivity index (χ4n) is 5.11. The maximum Gasteiger partial charge on any atom is 0.326 e. The molecule has 19 nitrogen and oxygen atoms in total. The van der Waals surface area contributed by atoms with Crippen LogP contribution in [0.2, 0.25) is 0 Å². The number of guanidine groups is 2. The molecule has 0 aromatic carbocycles. The lowest BCUT2D eigenvalue weighted by Gasteiger charge is -2.35. The maximum atomic E-state index is 13.7. The average molecular weight is 714 g/mol. The summed E-state index contributed by atoms with van der Waals surface area (Å²) >= 11 is 0. The van der Waals surface area contributed by atoms with Gasteiger partial charge in [0, 0.05) is 33.0 Å². The number of rotatable bonds is 23. The number of primary amides is 1. The number of carboxylic acid groups (broad SMARTS) is 1. The van der Waals surface area contributed by atoms with Crippen molar-refractivity contribution in [3.05, 3.63) is 0 Å². The first-order valence-corrected chi connectivity index (χ1v) is 16.6. The van der Waals surface area contributed by atoms with Gasteiger partial charge in [-0.3, -0.25) is 34.0 Å². The van der Waals surface area contributed by atoms with Gasteiger partial charge in [0.2, 0.25) is 23.6 Å². The van der Waals surface area contributed by atoms with Gasteiger partial charge in [-0.25, -0.2) is 4.79 Å². The number of carboxylic acids is 1. The molecule has 19 heteroatoms. The third-order valence-electron chi connectivity index (χ3n) is 7.99. The summed E-state index contributed by atoms with van der Waals surface area (Å²) in [5.41, 5.74) is 26.8. The summed E-state index contributed by atoms with van der Waals surface area (Å²) in [6.45, 7) is 7.37. The topological polar surface area (TPSA) is 317 Å². The van der Waals surface area contributed by atoms with E-state index in [1.165, 1.54) is 7.05 Å². The molecule has 5 atom stereocenters. The number of nitrogens with zero attached hydrogens (tertiary/aromatic N) is 4. The highest BCUT2D eigenvalue weighted by Crippen LogP contribution is 2.15. The number of hydrogen-bond acceptors (Lipinski definition) is 8. The highest BCUT2D eigenvalue weighted by molar-refractivity contribution is 5.95. The molecule has 14 N–H and O–H groups in total. The van der Waals surface area contributed by atoms with Crippen molar-refractivity contribution in [2.45, 2.75) is 96.4 Å². The Morgan fingerprint density at radius 2 is 1.14 bits per heavy atom. The van der Waals surface area contributed by atoms with Gasteiger partial charge in [0.05, 0.1) is 21.1 Å². The van der Waals surface area contributed by atoms with Gasteiger partial charge in [0.1, 0.15) is 24.2 Å². The van der Waals surface area contributed by atoms with Gasteiger partial charge >= 0.3 is 5.97 Å². The highest BCUT2D eigenvalue weighted by atomic mass is 16.4.